The monoisotopic (exact) mass is 405 g/mol. The first kappa shape index (κ1) is 18.5. The third-order valence-electron chi connectivity index (χ3n) is 4.70. The Morgan fingerprint density at radius 1 is 1.21 bits per heavy atom. The number of anilines is 1. The Hall–Kier alpha value is -2.87. The van der Waals surface area contributed by atoms with E-state index < -0.39 is 17.8 Å². The number of imidazole rings is 1. The second kappa shape index (κ2) is 6.63. The average Bonchev–Trinajstić information content (AvgIpc) is 3.09. The number of pyridine rings is 1. The van der Waals surface area contributed by atoms with Gasteiger partial charge in [-0.2, -0.15) is 18.2 Å². The van der Waals surface area contributed by atoms with E-state index in [4.69, 9.17) is 11.6 Å². The zero-order valence-electron chi connectivity index (χ0n) is 14.9. The number of benzene rings is 1. The number of fused-ring (bicyclic) bond motifs is 3. The molecule has 0 aliphatic carbocycles. The highest BCUT2D eigenvalue weighted by molar-refractivity contribution is 6.30. The van der Waals surface area contributed by atoms with Crippen molar-refractivity contribution in [1.29, 1.82) is 0 Å². The van der Waals surface area contributed by atoms with Crippen LogP contribution in [0.1, 0.15) is 29.7 Å². The Morgan fingerprint density at radius 3 is 2.75 bits per heavy atom. The molecule has 4 rings (SSSR count). The summed E-state index contributed by atoms with van der Waals surface area (Å²) < 4.78 is 41.5. The van der Waals surface area contributed by atoms with Crippen LogP contribution in [-0.2, 0) is 6.18 Å². The molecule has 0 saturated heterocycles. The van der Waals surface area contributed by atoms with Crippen LogP contribution in [0.15, 0.2) is 42.9 Å². The summed E-state index contributed by atoms with van der Waals surface area (Å²) in [6, 6.07) is 5.40. The summed E-state index contributed by atoms with van der Waals surface area (Å²) in [5, 5.41) is 4.20. The van der Waals surface area contributed by atoms with Gasteiger partial charge >= 0.3 is 6.18 Å². The van der Waals surface area contributed by atoms with Gasteiger partial charge in [-0.3, -0.25) is 4.40 Å². The molecule has 4 aromatic rings. The molecule has 144 valence electrons. The Balaban J connectivity index is 1.81. The Bertz CT molecular complexity index is 1190. The van der Waals surface area contributed by atoms with Crippen molar-refractivity contribution in [3.8, 4) is 0 Å². The fraction of sp³-hybridized carbons (Fsp3) is 0.211. The van der Waals surface area contributed by atoms with Gasteiger partial charge in [-0.15, -0.1) is 0 Å². The smallest absolute Gasteiger partial charge is 0.363 e. The lowest BCUT2D eigenvalue weighted by atomic mass is 9.97. The van der Waals surface area contributed by atoms with Crippen molar-refractivity contribution in [2.45, 2.75) is 26.1 Å². The maximum atomic E-state index is 13.2. The normalized spacial score (nSPS) is 13.2. The summed E-state index contributed by atoms with van der Waals surface area (Å²) in [5.41, 5.74) is 0.809. The molecule has 0 amide bonds. The predicted molar refractivity (Wildman–Crippen MR) is 102 cm³/mol. The van der Waals surface area contributed by atoms with Crippen LogP contribution in [0.4, 0.5) is 19.0 Å². The molecule has 0 bridgehead atoms. The number of aromatic nitrogens is 4. The summed E-state index contributed by atoms with van der Waals surface area (Å²) in [6.45, 7) is 3.26. The topological polar surface area (TPSA) is 55.1 Å². The largest absolute Gasteiger partial charge is 0.416 e. The molecular formula is C19H15ClF3N5. The molecular weight excluding hydrogens is 391 g/mol. The average molecular weight is 406 g/mol. The summed E-state index contributed by atoms with van der Waals surface area (Å²) in [7, 11) is 0. The molecule has 1 N–H and O–H groups in total. The van der Waals surface area contributed by atoms with Crippen molar-refractivity contribution in [2.75, 3.05) is 5.32 Å². The van der Waals surface area contributed by atoms with Crippen molar-refractivity contribution in [3.63, 3.8) is 0 Å². The molecule has 0 fully saturated rings. The number of hydrogen-bond acceptors (Lipinski definition) is 4. The summed E-state index contributed by atoms with van der Waals surface area (Å²) in [4.78, 5) is 12.8. The molecule has 0 aliphatic rings. The van der Waals surface area contributed by atoms with E-state index in [1.54, 1.807) is 42.0 Å². The summed E-state index contributed by atoms with van der Waals surface area (Å²) in [6.07, 6.45) is 0.572. The van der Waals surface area contributed by atoms with Gasteiger partial charge in [0.15, 0.2) is 0 Å². The second-order valence-electron chi connectivity index (χ2n) is 6.47. The van der Waals surface area contributed by atoms with Gasteiger partial charge in [0.05, 0.1) is 23.3 Å². The third kappa shape index (κ3) is 3.13. The van der Waals surface area contributed by atoms with E-state index in [0.717, 1.165) is 11.6 Å². The van der Waals surface area contributed by atoms with Crippen LogP contribution in [0.3, 0.4) is 0 Å². The van der Waals surface area contributed by atoms with Crippen LogP contribution < -0.4 is 5.32 Å². The minimum atomic E-state index is -4.40. The maximum absolute atomic E-state index is 13.2. The fourth-order valence-electron chi connectivity index (χ4n) is 3.35. The SMILES string of the molecule is Cc1c([C@@H](C)Nc2nc3nccn3c3cnc(Cl)cc23)cccc1C(F)(F)F. The van der Waals surface area contributed by atoms with E-state index in [0.29, 0.717) is 27.7 Å². The lowest BCUT2D eigenvalue weighted by Crippen LogP contribution is -2.14. The minimum Gasteiger partial charge on any atom is -0.363 e. The third-order valence-corrected chi connectivity index (χ3v) is 4.90. The van der Waals surface area contributed by atoms with Crippen LogP contribution in [0, 0.1) is 6.92 Å². The van der Waals surface area contributed by atoms with Crippen LogP contribution in [0.25, 0.3) is 16.7 Å². The quantitative estimate of drug-likeness (QED) is 0.462. The molecule has 0 saturated carbocycles. The van der Waals surface area contributed by atoms with Gasteiger partial charge < -0.3 is 5.32 Å². The molecule has 3 aromatic heterocycles. The van der Waals surface area contributed by atoms with Crippen LogP contribution in [0.5, 0.6) is 0 Å². The zero-order chi connectivity index (χ0) is 20.1. The first-order chi connectivity index (χ1) is 13.3. The molecule has 0 spiro atoms. The van der Waals surface area contributed by atoms with Gasteiger partial charge in [-0.05, 0) is 37.1 Å². The van der Waals surface area contributed by atoms with Gasteiger partial charge in [0.2, 0.25) is 5.78 Å². The lowest BCUT2D eigenvalue weighted by molar-refractivity contribution is -0.138. The van der Waals surface area contributed by atoms with E-state index in [9.17, 15) is 13.2 Å². The number of rotatable bonds is 3. The molecule has 5 nitrogen and oxygen atoms in total. The first-order valence-electron chi connectivity index (χ1n) is 8.47. The summed E-state index contributed by atoms with van der Waals surface area (Å²) in [5.74, 6) is 0.925. The lowest BCUT2D eigenvalue weighted by Gasteiger charge is -2.21. The van der Waals surface area contributed by atoms with Gasteiger partial charge in [0.1, 0.15) is 11.0 Å². The van der Waals surface area contributed by atoms with Crippen molar-refractivity contribution in [1.82, 2.24) is 19.4 Å². The maximum Gasteiger partial charge on any atom is 0.416 e. The van der Waals surface area contributed by atoms with Gasteiger partial charge in [0.25, 0.3) is 0 Å². The van der Waals surface area contributed by atoms with E-state index in [1.807, 2.05) is 0 Å². The van der Waals surface area contributed by atoms with Gasteiger partial charge in [-0.1, -0.05) is 23.7 Å². The molecule has 0 radical (unpaired) electrons. The number of hydrogen-bond donors (Lipinski definition) is 1. The van der Waals surface area contributed by atoms with Crippen molar-refractivity contribution >= 4 is 34.1 Å². The molecule has 0 unspecified atom stereocenters. The number of alkyl halides is 3. The molecule has 28 heavy (non-hydrogen) atoms. The Kier molecular flexibility index (Phi) is 4.38. The van der Waals surface area contributed by atoms with Gasteiger partial charge in [0, 0.05) is 17.8 Å². The predicted octanol–water partition coefficient (Wildman–Crippen LogP) is 5.43. The number of halogens is 4. The van der Waals surface area contributed by atoms with Crippen molar-refractivity contribution in [2.24, 2.45) is 0 Å². The van der Waals surface area contributed by atoms with Crippen LogP contribution in [0.2, 0.25) is 5.15 Å². The van der Waals surface area contributed by atoms with E-state index >= 15 is 0 Å². The van der Waals surface area contributed by atoms with Crippen LogP contribution in [-0.4, -0.2) is 19.4 Å². The van der Waals surface area contributed by atoms with Crippen LogP contribution >= 0.6 is 11.6 Å². The van der Waals surface area contributed by atoms with E-state index in [-0.39, 0.29) is 5.56 Å². The molecule has 1 atom stereocenters. The molecule has 9 heteroatoms. The first-order valence-corrected chi connectivity index (χ1v) is 8.85. The van der Waals surface area contributed by atoms with E-state index in [1.165, 1.54) is 13.0 Å². The highest BCUT2D eigenvalue weighted by atomic mass is 35.5. The van der Waals surface area contributed by atoms with Crippen molar-refractivity contribution < 1.29 is 13.2 Å². The Morgan fingerprint density at radius 2 is 2.00 bits per heavy atom. The standard InChI is InChI=1S/C19H15ClF3N5/c1-10-12(4-3-5-14(10)19(21,22)23)11(2)26-17-13-8-16(20)25-9-15(13)28-7-6-24-18(28)27-17/h3-9,11H,1-2H3,(H,24,26,27)/t11-/m1/s1. The zero-order valence-corrected chi connectivity index (χ0v) is 15.7. The number of nitrogens with one attached hydrogen (secondary N) is 1. The molecule has 3 heterocycles. The number of nitrogens with zero attached hydrogens (tertiary/aromatic N) is 4. The summed E-state index contributed by atoms with van der Waals surface area (Å²) >= 11 is 6.05. The highest BCUT2D eigenvalue weighted by Gasteiger charge is 2.33. The minimum absolute atomic E-state index is 0.181. The second-order valence-corrected chi connectivity index (χ2v) is 6.85. The fourth-order valence-corrected chi connectivity index (χ4v) is 3.51. The Labute approximate surface area is 163 Å². The van der Waals surface area contributed by atoms with E-state index in [2.05, 4.69) is 20.3 Å². The molecule has 0 aliphatic heterocycles. The molecule has 1 aromatic carbocycles. The van der Waals surface area contributed by atoms with Gasteiger partial charge in [-0.25, -0.2) is 9.97 Å². The highest BCUT2D eigenvalue weighted by Crippen LogP contribution is 2.35. The van der Waals surface area contributed by atoms with Crippen molar-refractivity contribution in [3.05, 3.63) is 64.7 Å².